The molecular weight excluding hydrogens is 352 g/mol. The second-order valence-corrected chi connectivity index (χ2v) is 6.01. The number of hydrogen-bond acceptors (Lipinski definition) is 6. The third kappa shape index (κ3) is 4.05. The molecule has 3 amide bonds. The van der Waals surface area contributed by atoms with Gasteiger partial charge in [0.15, 0.2) is 5.69 Å². The first-order chi connectivity index (χ1) is 13.0. The van der Waals surface area contributed by atoms with E-state index in [1.54, 1.807) is 29.2 Å². The number of para-hydroxylation sites is 1. The van der Waals surface area contributed by atoms with Crippen molar-refractivity contribution < 1.29 is 19.1 Å². The molecule has 2 aromatic rings. The standard InChI is InChI=1S/C17H20N6O4/c1-2-27-14-6-4-3-5-12(14)17(26)19-7-15(24)22-8-11(9-22)23-10-13(16(18)25)20-21-23/h3-6,10-11H,2,7-9H2,1H3,(H2,18,25)(H,19,26). The monoisotopic (exact) mass is 372 g/mol. The number of ether oxygens (including phenoxy) is 1. The Morgan fingerprint density at radius 1 is 1.30 bits per heavy atom. The first-order valence-electron chi connectivity index (χ1n) is 8.49. The number of likely N-dealkylation sites (tertiary alicyclic amines) is 1. The third-order valence-electron chi connectivity index (χ3n) is 4.18. The van der Waals surface area contributed by atoms with Gasteiger partial charge >= 0.3 is 0 Å². The molecule has 27 heavy (non-hydrogen) atoms. The van der Waals surface area contributed by atoms with E-state index in [2.05, 4.69) is 15.6 Å². The van der Waals surface area contributed by atoms with E-state index in [1.807, 2.05) is 6.92 Å². The Bertz CT molecular complexity index is 859. The van der Waals surface area contributed by atoms with Crippen molar-refractivity contribution in [2.24, 2.45) is 5.73 Å². The van der Waals surface area contributed by atoms with Crippen LogP contribution in [0, 0.1) is 0 Å². The molecule has 0 spiro atoms. The predicted molar refractivity (Wildman–Crippen MR) is 94.1 cm³/mol. The van der Waals surface area contributed by atoms with Gasteiger partial charge in [-0.1, -0.05) is 17.3 Å². The van der Waals surface area contributed by atoms with Crippen molar-refractivity contribution in [2.45, 2.75) is 13.0 Å². The van der Waals surface area contributed by atoms with Gasteiger partial charge in [0.2, 0.25) is 5.91 Å². The fourth-order valence-corrected chi connectivity index (χ4v) is 2.69. The molecule has 1 aliphatic heterocycles. The summed E-state index contributed by atoms with van der Waals surface area (Å²) in [5, 5.41) is 10.1. The normalized spacial score (nSPS) is 13.7. The number of aromatic nitrogens is 3. The van der Waals surface area contributed by atoms with Crippen LogP contribution in [0.3, 0.4) is 0 Å². The minimum atomic E-state index is -0.649. The first kappa shape index (κ1) is 18.4. The van der Waals surface area contributed by atoms with E-state index in [4.69, 9.17) is 10.5 Å². The number of nitrogens with two attached hydrogens (primary N) is 1. The average molecular weight is 372 g/mol. The highest BCUT2D eigenvalue weighted by Crippen LogP contribution is 2.20. The van der Waals surface area contributed by atoms with Crippen LogP contribution < -0.4 is 15.8 Å². The number of rotatable bonds is 7. The smallest absolute Gasteiger partial charge is 0.270 e. The predicted octanol–water partition coefficient (Wildman–Crippen LogP) is -0.411. The molecule has 2 heterocycles. The summed E-state index contributed by atoms with van der Waals surface area (Å²) in [5.74, 6) is -0.746. The third-order valence-corrected chi connectivity index (χ3v) is 4.18. The molecule has 0 bridgehead atoms. The Balaban J connectivity index is 1.49. The maximum atomic E-state index is 12.3. The van der Waals surface area contributed by atoms with Crippen molar-refractivity contribution in [1.29, 1.82) is 0 Å². The molecule has 1 aliphatic rings. The molecule has 1 saturated heterocycles. The van der Waals surface area contributed by atoms with Crippen LogP contribution in [0.5, 0.6) is 5.75 Å². The number of nitrogens with zero attached hydrogens (tertiary/aromatic N) is 4. The minimum absolute atomic E-state index is 0.0658. The Labute approximate surface area is 155 Å². The van der Waals surface area contributed by atoms with Gasteiger partial charge in [-0.25, -0.2) is 4.68 Å². The molecule has 3 N–H and O–H groups in total. The maximum absolute atomic E-state index is 12.3. The summed E-state index contributed by atoms with van der Waals surface area (Å²) in [7, 11) is 0. The van der Waals surface area contributed by atoms with E-state index in [-0.39, 0.29) is 30.1 Å². The van der Waals surface area contributed by atoms with E-state index in [1.165, 1.54) is 10.9 Å². The summed E-state index contributed by atoms with van der Waals surface area (Å²) < 4.78 is 6.94. The van der Waals surface area contributed by atoms with Crippen LogP contribution in [0.2, 0.25) is 0 Å². The molecule has 1 aromatic heterocycles. The van der Waals surface area contributed by atoms with Crippen LogP contribution in [-0.4, -0.2) is 63.9 Å². The Morgan fingerprint density at radius 3 is 2.70 bits per heavy atom. The summed E-state index contributed by atoms with van der Waals surface area (Å²) in [5.41, 5.74) is 5.61. The van der Waals surface area contributed by atoms with Gasteiger partial charge in [-0.15, -0.1) is 5.10 Å². The number of primary amides is 1. The first-order valence-corrected chi connectivity index (χ1v) is 8.49. The van der Waals surface area contributed by atoms with Crippen LogP contribution >= 0.6 is 0 Å². The SMILES string of the molecule is CCOc1ccccc1C(=O)NCC(=O)N1CC(n2cc(C(N)=O)nn2)C1. The molecule has 1 fully saturated rings. The van der Waals surface area contributed by atoms with Crippen molar-refractivity contribution >= 4 is 17.7 Å². The van der Waals surface area contributed by atoms with Gasteiger partial charge in [0.1, 0.15) is 5.75 Å². The molecule has 10 nitrogen and oxygen atoms in total. The molecule has 0 radical (unpaired) electrons. The van der Waals surface area contributed by atoms with Gasteiger partial charge in [0.05, 0.1) is 31.0 Å². The molecule has 0 aliphatic carbocycles. The Morgan fingerprint density at radius 2 is 2.04 bits per heavy atom. The van der Waals surface area contributed by atoms with Gasteiger partial charge in [0, 0.05) is 13.1 Å². The highest BCUT2D eigenvalue weighted by atomic mass is 16.5. The molecule has 0 unspecified atom stereocenters. The number of benzene rings is 1. The van der Waals surface area contributed by atoms with Crippen LogP contribution in [-0.2, 0) is 4.79 Å². The lowest BCUT2D eigenvalue weighted by atomic mass is 10.1. The lowest BCUT2D eigenvalue weighted by Crippen LogP contribution is -2.53. The summed E-state index contributed by atoms with van der Waals surface area (Å²) in [6, 6.07) is 6.80. The number of hydrogen-bond donors (Lipinski definition) is 2. The van der Waals surface area contributed by atoms with Crippen LogP contribution in [0.1, 0.15) is 33.8 Å². The zero-order valence-corrected chi connectivity index (χ0v) is 14.8. The highest BCUT2D eigenvalue weighted by molar-refractivity contribution is 5.98. The second kappa shape index (κ2) is 7.85. The molecule has 10 heteroatoms. The molecule has 3 rings (SSSR count). The van der Waals surface area contributed by atoms with E-state index in [9.17, 15) is 14.4 Å². The molecular formula is C17H20N6O4. The van der Waals surface area contributed by atoms with Crippen molar-refractivity contribution in [1.82, 2.24) is 25.2 Å². The maximum Gasteiger partial charge on any atom is 0.270 e. The number of carbonyl (C=O) groups is 3. The molecule has 0 saturated carbocycles. The van der Waals surface area contributed by atoms with Crippen LogP contribution in [0.25, 0.3) is 0 Å². The topological polar surface area (TPSA) is 132 Å². The van der Waals surface area contributed by atoms with Crippen LogP contribution in [0.15, 0.2) is 30.5 Å². The van der Waals surface area contributed by atoms with E-state index in [0.717, 1.165) is 0 Å². The lowest BCUT2D eigenvalue weighted by Gasteiger charge is -2.38. The van der Waals surface area contributed by atoms with Gasteiger partial charge in [-0.2, -0.15) is 0 Å². The van der Waals surface area contributed by atoms with Crippen molar-refractivity contribution in [3.63, 3.8) is 0 Å². The van der Waals surface area contributed by atoms with Crippen molar-refractivity contribution in [2.75, 3.05) is 26.2 Å². The average Bonchev–Trinajstić information content (AvgIpc) is 3.09. The summed E-state index contributed by atoms with van der Waals surface area (Å²) in [6.07, 6.45) is 1.46. The van der Waals surface area contributed by atoms with Crippen molar-refractivity contribution in [3.05, 3.63) is 41.7 Å². The Hall–Kier alpha value is -3.43. The number of amides is 3. The summed E-state index contributed by atoms with van der Waals surface area (Å²) >= 11 is 0. The quantitative estimate of drug-likeness (QED) is 0.679. The van der Waals surface area contributed by atoms with Crippen LogP contribution in [0.4, 0.5) is 0 Å². The van der Waals surface area contributed by atoms with Gasteiger partial charge in [0.25, 0.3) is 11.8 Å². The van der Waals surface area contributed by atoms with Gasteiger partial charge in [-0.3, -0.25) is 14.4 Å². The van der Waals surface area contributed by atoms with Gasteiger partial charge < -0.3 is 20.7 Å². The van der Waals surface area contributed by atoms with E-state index >= 15 is 0 Å². The highest BCUT2D eigenvalue weighted by Gasteiger charge is 2.33. The lowest BCUT2D eigenvalue weighted by molar-refractivity contribution is -0.136. The van der Waals surface area contributed by atoms with E-state index < -0.39 is 5.91 Å². The zero-order valence-electron chi connectivity index (χ0n) is 14.8. The minimum Gasteiger partial charge on any atom is -0.493 e. The summed E-state index contributed by atoms with van der Waals surface area (Å²) in [4.78, 5) is 37.1. The van der Waals surface area contributed by atoms with Crippen molar-refractivity contribution in [3.8, 4) is 5.75 Å². The Kier molecular flexibility index (Phi) is 5.34. The number of carbonyl (C=O) groups excluding carboxylic acids is 3. The molecule has 142 valence electrons. The zero-order chi connectivity index (χ0) is 19.4. The molecule has 1 aromatic carbocycles. The fourth-order valence-electron chi connectivity index (χ4n) is 2.69. The fraction of sp³-hybridized carbons (Fsp3) is 0.353. The summed E-state index contributed by atoms with van der Waals surface area (Å²) in [6.45, 7) is 3.01. The van der Waals surface area contributed by atoms with Gasteiger partial charge in [-0.05, 0) is 19.1 Å². The second-order valence-electron chi connectivity index (χ2n) is 6.01. The van der Waals surface area contributed by atoms with E-state index in [0.29, 0.717) is 31.0 Å². The number of nitrogens with one attached hydrogen (secondary N) is 1. The molecule has 0 atom stereocenters. The largest absolute Gasteiger partial charge is 0.493 e.